The number of amides is 1. The number of allylic oxidation sites excluding steroid dienone is 8. The van der Waals surface area contributed by atoms with Gasteiger partial charge in [0.2, 0.25) is 6.41 Å². The molecule has 0 saturated heterocycles. The Labute approximate surface area is 134 Å². The van der Waals surface area contributed by atoms with Crippen LogP contribution in [0.5, 0.6) is 0 Å². The van der Waals surface area contributed by atoms with E-state index in [1.165, 1.54) is 24.4 Å². The van der Waals surface area contributed by atoms with Crippen molar-refractivity contribution in [3.63, 3.8) is 0 Å². The van der Waals surface area contributed by atoms with E-state index in [4.69, 9.17) is 5.73 Å². The van der Waals surface area contributed by atoms with E-state index in [2.05, 4.69) is 23.8 Å². The molecule has 0 aliphatic rings. The lowest BCUT2D eigenvalue weighted by Gasteiger charge is -2.03. The van der Waals surface area contributed by atoms with Crippen molar-refractivity contribution in [2.24, 2.45) is 5.73 Å². The number of carbonyl (C=O) groups is 1. The summed E-state index contributed by atoms with van der Waals surface area (Å²) in [6.07, 6.45) is 6.31. The molecule has 0 aromatic carbocycles. The second-order valence-corrected chi connectivity index (χ2v) is 4.03. The highest BCUT2D eigenvalue weighted by Crippen LogP contribution is 2.24. The molecule has 1 amide bonds. The summed E-state index contributed by atoms with van der Waals surface area (Å²) in [5.74, 6) is 0. The Bertz CT molecular complexity index is 497. The molecule has 0 unspecified atom stereocenters. The van der Waals surface area contributed by atoms with Gasteiger partial charge in [-0.2, -0.15) is 13.2 Å². The van der Waals surface area contributed by atoms with Crippen LogP contribution in [0.1, 0.15) is 6.92 Å². The zero-order chi connectivity index (χ0) is 18.3. The highest BCUT2D eigenvalue weighted by molar-refractivity contribution is 5.52. The molecule has 0 heterocycles. The molecule has 0 saturated carbocycles. The molecular formula is C16H22F3N3O. The predicted octanol–water partition coefficient (Wildman–Crippen LogP) is 3.06. The Kier molecular flexibility index (Phi) is 12.8. The molecule has 7 heteroatoms. The molecule has 23 heavy (non-hydrogen) atoms. The molecule has 4 nitrogen and oxygen atoms in total. The van der Waals surface area contributed by atoms with Crippen LogP contribution in [0.25, 0.3) is 0 Å². The Morgan fingerprint density at radius 1 is 1.22 bits per heavy atom. The van der Waals surface area contributed by atoms with E-state index in [9.17, 15) is 18.0 Å². The SMILES string of the molecule is C=C(/C=C\C=C\NC)C(F)(F)F.C=C/C(=C\C=C(/C)N)NC=O. The van der Waals surface area contributed by atoms with Gasteiger partial charge in [0.25, 0.3) is 0 Å². The van der Waals surface area contributed by atoms with Gasteiger partial charge in [0.1, 0.15) is 0 Å². The smallest absolute Gasteiger partial charge is 0.402 e. The monoisotopic (exact) mass is 329 g/mol. The molecular weight excluding hydrogens is 307 g/mol. The summed E-state index contributed by atoms with van der Waals surface area (Å²) in [7, 11) is 1.66. The molecule has 4 N–H and O–H groups in total. The Balaban J connectivity index is 0. The molecule has 0 fully saturated rings. The number of rotatable bonds is 7. The van der Waals surface area contributed by atoms with Crippen LogP contribution in [-0.2, 0) is 4.79 Å². The maximum Gasteiger partial charge on any atom is 0.415 e. The first-order chi connectivity index (χ1) is 10.7. The first-order valence-electron chi connectivity index (χ1n) is 6.42. The second-order valence-electron chi connectivity index (χ2n) is 4.03. The minimum absolute atomic E-state index is 0.590. The molecule has 0 rings (SSSR count). The molecule has 0 spiro atoms. The standard InChI is InChI=1S/C8H10F3N.C8H12N2O/c1-7(8(9,10)11)5-3-4-6-12-2;1-3-8(10-6-11)5-4-7(2)9/h3-6,12H,1H2,2H3;3-6H,1,9H2,2H3,(H,10,11)/b5-3-,6-4+;7-4+,8-5+. The first-order valence-corrected chi connectivity index (χ1v) is 6.42. The normalized spacial score (nSPS) is 12.6. The average Bonchev–Trinajstić information content (AvgIpc) is 2.47. The van der Waals surface area contributed by atoms with Crippen molar-refractivity contribution >= 4 is 6.41 Å². The van der Waals surface area contributed by atoms with E-state index in [0.29, 0.717) is 17.8 Å². The number of halogens is 3. The second kappa shape index (κ2) is 13.0. The Morgan fingerprint density at radius 2 is 1.83 bits per heavy atom. The lowest BCUT2D eigenvalue weighted by Crippen LogP contribution is -2.08. The highest BCUT2D eigenvalue weighted by Gasteiger charge is 2.29. The molecule has 0 atom stereocenters. The number of nitrogens with two attached hydrogens (primary N) is 1. The molecule has 0 aromatic heterocycles. The van der Waals surface area contributed by atoms with Crippen molar-refractivity contribution in [3.05, 3.63) is 72.8 Å². The summed E-state index contributed by atoms with van der Waals surface area (Å²) in [6, 6.07) is 0. The van der Waals surface area contributed by atoms with Crippen molar-refractivity contribution in [1.29, 1.82) is 0 Å². The number of hydrogen-bond acceptors (Lipinski definition) is 3. The summed E-state index contributed by atoms with van der Waals surface area (Å²) in [5.41, 5.74) is 5.81. The molecule has 0 aromatic rings. The lowest BCUT2D eigenvalue weighted by molar-refractivity contribution is -0.108. The molecule has 0 radical (unpaired) electrons. The minimum atomic E-state index is -4.33. The molecule has 128 valence electrons. The fraction of sp³-hybridized carbons (Fsp3) is 0.188. The number of nitrogens with one attached hydrogen (secondary N) is 2. The van der Waals surface area contributed by atoms with E-state index < -0.39 is 11.7 Å². The number of hydrogen-bond donors (Lipinski definition) is 3. The fourth-order valence-corrected chi connectivity index (χ4v) is 0.882. The topological polar surface area (TPSA) is 67.2 Å². The number of carbonyl (C=O) groups excluding carboxylic acids is 1. The van der Waals surface area contributed by atoms with Crippen LogP contribution in [0.3, 0.4) is 0 Å². The number of alkyl halides is 3. The van der Waals surface area contributed by atoms with Crippen LogP contribution in [0.4, 0.5) is 13.2 Å². The van der Waals surface area contributed by atoms with Crippen LogP contribution in [-0.4, -0.2) is 19.6 Å². The van der Waals surface area contributed by atoms with Crippen LogP contribution < -0.4 is 16.4 Å². The zero-order valence-electron chi connectivity index (χ0n) is 13.2. The van der Waals surface area contributed by atoms with Crippen molar-refractivity contribution in [2.75, 3.05) is 7.05 Å². The van der Waals surface area contributed by atoms with Gasteiger partial charge in [0.05, 0.1) is 0 Å². The maximum atomic E-state index is 11.8. The highest BCUT2D eigenvalue weighted by atomic mass is 19.4. The summed E-state index contributed by atoms with van der Waals surface area (Å²) < 4.78 is 35.3. The van der Waals surface area contributed by atoms with Crippen molar-refractivity contribution in [1.82, 2.24) is 10.6 Å². The van der Waals surface area contributed by atoms with Crippen LogP contribution >= 0.6 is 0 Å². The van der Waals surface area contributed by atoms with Gasteiger partial charge in [-0.15, -0.1) is 0 Å². The third-order valence-corrected chi connectivity index (χ3v) is 2.01. The third kappa shape index (κ3) is 15.5. The van der Waals surface area contributed by atoms with E-state index >= 15 is 0 Å². The summed E-state index contributed by atoms with van der Waals surface area (Å²) in [6.45, 7) is 8.12. The third-order valence-electron chi connectivity index (χ3n) is 2.01. The maximum absolute atomic E-state index is 11.8. The Morgan fingerprint density at radius 3 is 2.22 bits per heavy atom. The van der Waals surface area contributed by atoms with Gasteiger partial charge >= 0.3 is 6.18 Å². The largest absolute Gasteiger partial charge is 0.415 e. The lowest BCUT2D eigenvalue weighted by atomic mass is 10.2. The van der Waals surface area contributed by atoms with Crippen LogP contribution in [0.2, 0.25) is 0 Å². The van der Waals surface area contributed by atoms with Crippen LogP contribution in [0.15, 0.2) is 72.8 Å². The summed E-state index contributed by atoms with van der Waals surface area (Å²) in [4.78, 5) is 9.97. The predicted molar refractivity (Wildman–Crippen MR) is 88.0 cm³/mol. The fourth-order valence-electron chi connectivity index (χ4n) is 0.882. The van der Waals surface area contributed by atoms with E-state index in [1.807, 2.05) is 0 Å². The van der Waals surface area contributed by atoms with E-state index in [1.54, 1.807) is 26.1 Å². The summed E-state index contributed by atoms with van der Waals surface area (Å²) in [5, 5.41) is 5.09. The zero-order valence-corrected chi connectivity index (χ0v) is 13.2. The van der Waals surface area contributed by atoms with Gasteiger partial charge in [0, 0.05) is 24.0 Å². The van der Waals surface area contributed by atoms with Gasteiger partial charge in [-0.3, -0.25) is 4.79 Å². The quantitative estimate of drug-likeness (QED) is 0.497. The van der Waals surface area contributed by atoms with Gasteiger partial charge in [-0.1, -0.05) is 25.3 Å². The van der Waals surface area contributed by atoms with Gasteiger partial charge in [0.15, 0.2) is 0 Å². The van der Waals surface area contributed by atoms with Gasteiger partial charge in [-0.05, 0) is 37.4 Å². The van der Waals surface area contributed by atoms with E-state index in [-0.39, 0.29) is 0 Å². The Hall–Kier alpha value is -2.70. The van der Waals surface area contributed by atoms with Gasteiger partial charge < -0.3 is 16.4 Å². The summed E-state index contributed by atoms with van der Waals surface area (Å²) >= 11 is 0. The van der Waals surface area contributed by atoms with Crippen molar-refractivity contribution in [2.45, 2.75) is 13.1 Å². The van der Waals surface area contributed by atoms with E-state index in [0.717, 1.165) is 6.08 Å². The average molecular weight is 329 g/mol. The first kappa shape index (κ1) is 22.6. The van der Waals surface area contributed by atoms with Crippen molar-refractivity contribution in [3.8, 4) is 0 Å². The molecule has 0 aliphatic carbocycles. The van der Waals surface area contributed by atoms with Crippen molar-refractivity contribution < 1.29 is 18.0 Å². The molecule has 0 aliphatic heterocycles. The molecule has 0 bridgehead atoms. The van der Waals surface area contributed by atoms with Crippen LogP contribution in [0, 0.1) is 0 Å². The minimum Gasteiger partial charge on any atom is -0.402 e. The van der Waals surface area contributed by atoms with Gasteiger partial charge in [-0.25, -0.2) is 0 Å².